The molecule has 0 bridgehead atoms. The van der Waals surface area contributed by atoms with Crippen LogP contribution in [-0.4, -0.2) is 41.3 Å². The number of hydrogen-bond donors (Lipinski definition) is 1. The normalized spacial score (nSPS) is 11.1. The number of methoxy groups -OCH3 is 2. The summed E-state index contributed by atoms with van der Waals surface area (Å²) in [4.78, 5) is 12.7. The Morgan fingerprint density at radius 2 is 1.68 bits per heavy atom. The fourth-order valence-electron chi connectivity index (χ4n) is 2.74. The van der Waals surface area contributed by atoms with Gasteiger partial charge in [-0.1, -0.05) is 29.8 Å². The Bertz CT molecular complexity index is 972. The fourth-order valence-corrected chi connectivity index (χ4v) is 3.82. The minimum atomic E-state index is -3.80. The average molecular weight is 427 g/mol. The Labute approximate surface area is 170 Å². The van der Waals surface area contributed by atoms with Gasteiger partial charge in [-0.3, -0.25) is 9.10 Å². The molecule has 0 atom stereocenters. The Balaban J connectivity index is 2.42. The van der Waals surface area contributed by atoms with Crippen molar-refractivity contribution in [1.29, 1.82) is 0 Å². The van der Waals surface area contributed by atoms with E-state index in [1.54, 1.807) is 0 Å². The zero-order valence-electron chi connectivity index (χ0n) is 16.4. The first kappa shape index (κ1) is 21.8. The molecule has 0 aliphatic carbocycles. The predicted molar refractivity (Wildman–Crippen MR) is 111 cm³/mol. The number of nitrogens with one attached hydrogen (secondary N) is 1. The molecule has 2 aromatic rings. The van der Waals surface area contributed by atoms with Gasteiger partial charge in [-0.05, 0) is 25.0 Å². The monoisotopic (exact) mass is 426 g/mol. The van der Waals surface area contributed by atoms with Gasteiger partial charge in [0.1, 0.15) is 18.0 Å². The van der Waals surface area contributed by atoms with Crippen LogP contribution in [0.1, 0.15) is 11.1 Å². The van der Waals surface area contributed by atoms with Gasteiger partial charge in [-0.15, -0.1) is 0 Å². The lowest BCUT2D eigenvalue weighted by molar-refractivity contribution is -0.114. The molecule has 0 heterocycles. The first-order chi connectivity index (χ1) is 13.1. The molecule has 2 rings (SSSR count). The number of hydrogen-bond acceptors (Lipinski definition) is 5. The van der Waals surface area contributed by atoms with Crippen molar-refractivity contribution in [3.05, 3.63) is 46.5 Å². The van der Waals surface area contributed by atoms with Gasteiger partial charge in [-0.2, -0.15) is 0 Å². The number of carbonyl (C=O) groups is 1. The second kappa shape index (κ2) is 8.70. The van der Waals surface area contributed by atoms with Crippen LogP contribution in [-0.2, 0) is 14.8 Å². The predicted octanol–water partition coefficient (Wildman–Crippen LogP) is 3.38. The summed E-state index contributed by atoms with van der Waals surface area (Å²) in [5.41, 5.74) is 2.57. The molecule has 0 aromatic heterocycles. The van der Waals surface area contributed by atoms with E-state index in [-0.39, 0.29) is 22.2 Å². The van der Waals surface area contributed by atoms with Gasteiger partial charge < -0.3 is 14.8 Å². The second-order valence-corrected chi connectivity index (χ2v) is 8.56. The molecule has 0 fully saturated rings. The van der Waals surface area contributed by atoms with Crippen molar-refractivity contribution in [3.8, 4) is 11.5 Å². The first-order valence-corrected chi connectivity index (χ1v) is 10.6. The van der Waals surface area contributed by atoms with E-state index in [1.165, 1.54) is 26.4 Å². The average Bonchev–Trinajstić information content (AvgIpc) is 2.62. The van der Waals surface area contributed by atoms with Gasteiger partial charge in [0.15, 0.2) is 0 Å². The number of halogens is 1. The molecule has 0 unspecified atom stereocenters. The number of nitrogens with zero attached hydrogens (tertiary/aromatic N) is 1. The zero-order chi connectivity index (χ0) is 21.1. The van der Waals surface area contributed by atoms with Gasteiger partial charge in [0.25, 0.3) is 0 Å². The molecule has 152 valence electrons. The summed E-state index contributed by atoms with van der Waals surface area (Å²) in [5, 5.41) is 3.05. The second-order valence-electron chi connectivity index (χ2n) is 6.24. The van der Waals surface area contributed by atoms with Crippen molar-refractivity contribution in [2.45, 2.75) is 13.8 Å². The van der Waals surface area contributed by atoms with E-state index in [2.05, 4.69) is 5.32 Å². The van der Waals surface area contributed by atoms with Crippen molar-refractivity contribution >= 4 is 38.9 Å². The lowest BCUT2D eigenvalue weighted by atomic mass is 10.1. The number of sulfonamides is 1. The minimum absolute atomic E-state index is 0.155. The van der Waals surface area contributed by atoms with E-state index < -0.39 is 22.5 Å². The highest BCUT2D eigenvalue weighted by molar-refractivity contribution is 7.92. The van der Waals surface area contributed by atoms with Crippen molar-refractivity contribution in [2.24, 2.45) is 0 Å². The molecule has 1 N–H and O–H groups in total. The van der Waals surface area contributed by atoms with E-state index in [0.717, 1.165) is 21.7 Å². The lowest BCUT2D eigenvalue weighted by Crippen LogP contribution is -2.37. The maximum atomic E-state index is 12.7. The highest BCUT2D eigenvalue weighted by Gasteiger charge is 2.26. The van der Waals surface area contributed by atoms with Crippen molar-refractivity contribution < 1.29 is 22.7 Å². The molecule has 0 aliphatic rings. The Hall–Kier alpha value is -2.45. The number of para-hydroxylation sites is 1. The van der Waals surface area contributed by atoms with Crippen LogP contribution in [0.5, 0.6) is 11.5 Å². The summed E-state index contributed by atoms with van der Waals surface area (Å²) in [6.07, 6.45) is 1.01. The standard InChI is InChI=1S/C19H23ClN2O5S/c1-12-7-6-8-13(2)19(12)21-18(23)11-22(28(5,24)25)15-10-16(26-3)14(20)9-17(15)27-4/h6-10H,11H2,1-5H3,(H,21,23). The topological polar surface area (TPSA) is 84.9 Å². The van der Waals surface area contributed by atoms with Gasteiger partial charge >= 0.3 is 0 Å². The molecule has 9 heteroatoms. The summed E-state index contributed by atoms with van der Waals surface area (Å²) < 4.78 is 36.2. The van der Waals surface area contributed by atoms with Crippen LogP contribution < -0.4 is 19.1 Å². The van der Waals surface area contributed by atoms with Crippen LogP contribution in [0, 0.1) is 13.8 Å². The summed E-state index contributed by atoms with van der Waals surface area (Å²) >= 11 is 6.09. The van der Waals surface area contributed by atoms with Crippen LogP contribution >= 0.6 is 11.6 Å². The number of amides is 1. The molecule has 0 spiro atoms. The van der Waals surface area contributed by atoms with E-state index in [4.69, 9.17) is 21.1 Å². The number of benzene rings is 2. The van der Waals surface area contributed by atoms with Crippen LogP contribution in [0.3, 0.4) is 0 Å². The van der Waals surface area contributed by atoms with Crippen LogP contribution in [0.25, 0.3) is 0 Å². The van der Waals surface area contributed by atoms with E-state index >= 15 is 0 Å². The Morgan fingerprint density at radius 3 is 2.18 bits per heavy atom. The number of aryl methyl sites for hydroxylation is 2. The zero-order valence-corrected chi connectivity index (χ0v) is 17.9. The summed E-state index contributed by atoms with van der Waals surface area (Å²) in [6, 6.07) is 8.48. The minimum Gasteiger partial charge on any atom is -0.495 e. The number of anilines is 2. The molecule has 0 saturated carbocycles. The maximum absolute atomic E-state index is 12.7. The summed E-state index contributed by atoms with van der Waals surface area (Å²) in [5.74, 6) is -0.0174. The van der Waals surface area contributed by atoms with E-state index in [9.17, 15) is 13.2 Å². The molecule has 1 amide bonds. The van der Waals surface area contributed by atoms with E-state index in [0.29, 0.717) is 5.69 Å². The van der Waals surface area contributed by atoms with Crippen molar-refractivity contribution in [1.82, 2.24) is 0 Å². The van der Waals surface area contributed by atoms with Crippen molar-refractivity contribution in [3.63, 3.8) is 0 Å². The largest absolute Gasteiger partial charge is 0.495 e. The molecule has 28 heavy (non-hydrogen) atoms. The van der Waals surface area contributed by atoms with Gasteiger partial charge in [0.2, 0.25) is 15.9 Å². The van der Waals surface area contributed by atoms with Gasteiger partial charge in [0, 0.05) is 17.8 Å². The quantitative estimate of drug-likeness (QED) is 0.733. The number of rotatable bonds is 7. The molecule has 2 aromatic carbocycles. The fraction of sp³-hybridized carbons (Fsp3) is 0.316. The molecular formula is C19H23ClN2O5S. The lowest BCUT2D eigenvalue weighted by Gasteiger charge is -2.25. The SMILES string of the molecule is COc1cc(N(CC(=O)Nc2c(C)cccc2C)S(C)(=O)=O)c(OC)cc1Cl. The number of ether oxygens (including phenoxy) is 2. The molecule has 7 nitrogen and oxygen atoms in total. The maximum Gasteiger partial charge on any atom is 0.245 e. The highest BCUT2D eigenvalue weighted by Crippen LogP contribution is 2.39. The molecular weight excluding hydrogens is 404 g/mol. The summed E-state index contributed by atoms with van der Waals surface area (Å²) in [7, 11) is -1.00. The third-order valence-electron chi connectivity index (χ3n) is 4.16. The van der Waals surface area contributed by atoms with Gasteiger partial charge in [0.05, 0.1) is 31.2 Å². The molecule has 0 saturated heterocycles. The van der Waals surface area contributed by atoms with Crippen LogP contribution in [0.15, 0.2) is 30.3 Å². The van der Waals surface area contributed by atoms with Gasteiger partial charge in [-0.25, -0.2) is 8.42 Å². The smallest absolute Gasteiger partial charge is 0.245 e. The summed E-state index contributed by atoms with van der Waals surface area (Å²) in [6.45, 7) is 3.29. The van der Waals surface area contributed by atoms with Crippen molar-refractivity contribution in [2.75, 3.05) is 36.6 Å². The van der Waals surface area contributed by atoms with Crippen LogP contribution in [0.2, 0.25) is 5.02 Å². The Morgan fingerprint density at radius 1 is 1.11 bits per heavy atom. The highest BCUT2D eigenvalue weighted by atomic mass is 35.5. The van der Waals surface area contributed by atoms with E-state index in [1.807, 2.05) is 32.0 Å². The molecule has 0 radical (unpaired) electrons. The third-order valence-corrected chi connectivity index (χ3v) is 5.58. The molecule has 0 aliphatic heterocycles. The van der Waals surface area contributed by atoms with Crippen LogP contribution in [0.4, 0.5) is 11.4 Å². The Kier molecular flexibility index (Phi) is 6.79. The first-order valence-electron chi connectivity index (χ1n) is 8.33. The third kappa shape index (κ3) is 4.88. The number of carbonyl (C=O) groups excluding carboxylic acids is 1.